The Bertz CT molecular complexity index is 544. The first-order valence-corrected chi connectivity index (χ1v) is 6.97. The predicted molar refractivity (Wildman–Crippen MR) is 77.3 cm³/mol. The number of hydrogen-bond acceptors (Lipinski definition) is 3. The van der Waals surface area contributed by atoms with Crippen molar-refractivity contribution in [2.24, 2.45) is 0 Å². The number of hydrogen-bond donors (Lipinski definition) is 1. The maximum atomic E-state index is 11.9. The van der Waals surface area contributed by atoms with Crippen LogP contribution in [0.25, 0.3) is 0 Å². The Labute approximate surface area is 121 Å². The number of halogens is 1. The van der Waals surface area contributed by atoms with E-state index in [1.54, 1.807) is 18.1 Å². The molecule has 0 aliphatic carbocycles. The lowest BCUT2D eigenvalue weighted by Gasteiger charge is -2.16. The monoisotopic (exact) mass is 295 g/mol. The molecule has 0 aromatic carbocycles. The summed E-state index contributed by atoms with van der Waals surface area (Å²) in [6.45, 7) is 0.973. The average molecular weight is 296 g/mol. The van der Waals surface area contributed by atoms with Crippen molar-refractivity contribution >= 4 is 29.0 Å². The molecule has 19 heavy (non-hydrogen) atoms. The molecule has 1 N–H and O–H groups in total. The van der Waals surface area contributed by atoms with Crippen LogP contribution in [-0.2, 0) is 13.1 Å². The predicted octanol–water partition coefficient (Wildman–Crippen LogP) is 3.14. The lowest BCUT2D eigenvalue weighted by Crippen LogP contribution is -2.36. The number of nitrogens with one attached hydrogen (secondary N) is 1. The molecule has 2 heterocycles. The van der Waals surface area contributed by atoms with Crippen LogP contribution in [0, 0.1) is 0 Å². The van der Waals surface area contributed by atoms with Crippen molar-refractivity contribution in [2.45, 2.75) is 13.1 Å². The Morgan fingerprint density at radius 1 is 1.42 bits per heavy atom. The molecule has 100 valence electrons. The second kappa shape index (κ2) is 6.54. The molecule has 0 unspecified atom stereocenters. The van der Waals surface area contributed by atoms with Crippen molar-refractivity contribution in [3.8, 4) is 0 Å². The summed E-state index contributed by atoms with van der Waals surface area (Å²) in [5.74, 6) is 0. The quantitative estimate of drug-likeness (QED) is 0.942. The summed E-state index contributed by atoms with van der Waals surface area (Å²) in [6.07, 6.45) is 1.71. The first-order chi connectivity index (χ1) is 9.15. The Hall–Kier alpha value is -1.59. The lowest BCUT2D eigenvalue weighted by atomic mass is 10.3. The van der Waals surface area contributed by atoms with Crippen LogP contribution < -0.4 is 5.32 Å². The average Bonchev–Trinajstić information content (AvgIpc) is 2.82. The second-order valence-electron chi connectivity index (χ2n) is 4.04. The van der Waals surface area contributed by atoms with Crippen molar-refractivity contribution in [1.29, 1.82) is 0 Å². The third kappa shape index (κ3) is 4.22. The van der Waals surface area contributed by atoms with E-state index in [-0.39, 0.29) is 6.03 Å². The molecule has 6 heteroatoms. The SMILES string of the molecule is CN(Cc1ccc(Cl)s1)C(=O)NCc1ccccn1. The molecule has 2 amide bonds. The lowest BCUT2D eigenvalue weighted by molar-refractivity contribution is 0.206. The summed E-state index contributed by atoms with van der Waals surface area (Å²) in [7, 11) is 1.75. The highest BCUT2D eigenvalue weighted by Gasteiger charge is 2.10. The Morgan fingerprint density at radius 2 is 2.26 bits per heavy atom. The zero-order chi connectivity index (χ0) is 13.7. The fourth-order valence-corrected chi connectivity index (χ4v) is 2.69. The Kier molecular flexibility index (Phi) is 4.76. The van der Waals surface area contributed by atoms with Gasteiger partial charge in [-0.1, -0.05) is 17.7 Å². The van der Waals surface area contributed by atoms with Gasteiger partial charge in [-0.05, 0) is 24.3 Å². The van der Waals surface area contributed by atoms with Crippen molar-refractivity contribution in [2.75, 3.05) is 7.05 Å². The summed E-state index contributed by atoms with van der Waals surface area (Å²) in [5.41, 5.74) is 0.836. The number of rotatable bonds is 4. The number of urea groups is 1. The molecule has 0 bridgehead atoms. The first-order valence-electron chi connectivity index (χ1n) is 5.78. The number of pyridine rings is 1. The number of nitrogens with zero attached hydrogens (tertiary/aromatic N) is 2. The number of amides is 2. The van der Waals surface area contributed by atoms with E-state index >= 15 is 0 Å². The van der Waals surface area contributed by atoms with Gasteiger partial charge in [-0.2, -0.15) is 0 Å². The summed E-state index contributed by atoms with van der Waals surface area (Å²) in [6, 6.07) is 9.25. The van der Waals surface area contributed by atoms with Gasteiger partial charge in [0.25, 0.3) is 0 Å². The van der Waals surface area contributed by atoms with Gasteiger partial charge in [0.2, 0.25) is 0 Å². The van der Waals surface area contributed by atoms with Gasteiger partial charge in [0.1, 0.15) is 0 Å². The number of thiophene rings is 1. The van der Waals surface area contributed by atoms with Gasteiger partial charge in [0, 0.05) is 18.1 Å². The maximum Gasteiger partial charge on any atom is 0.317 e. The zero-order valence-corrected chi connectivity index (χ0v) is 12.0. The van der Waals surface area contributed by atoms with Gasteiger partial charge >= 0.3 is 6.03 Å². The van der Waals surface area contributed by atoms with Crippen LogP contribution in [0.3, 0.4) is 0 Å². The minimum Gasteiger partial charge on any atom is -0.332 e. The molecule has 0 saturated carbocycles. The normalized spacial score (nSPS) is 10.2. The molecule has 2 rings (SSSR count). The number of aromatic nitrogens is 1. The van der Waals surface area contributed by atoms with Crippen LogP contribution in [0.15, 0.2) is 36.5 Å². The van der Waals surface area contributed by atoms with Crippen LogP contribution in [-0.4, -0.2) is 23.0 Å². The molecule has 0 saturated heterocycles. The molecular formula is C13H14ClN3OS. The molecule has 0 radical (unpaired) electrons. The largest absolute Gasteiger partial charge is 0.332 e. The number of carbonyl (C=O) groups is 1. The highest BCUT2D eigenvalue weighted by molar-refractivity contribution is 7.16. The van der Waals surface area contributed by atoms with Crippen LogP contribution in [0.5, 0.6) is 0 Å². The van der Waals surface area contributed by atoms with Gasteiger partial charge in [-0.25, -0.2) is 4.79 Å². The molecule has 0 spiro atoms. The minimum absolute atomic E-state index is 0.129. The summed E-state index contributed by atoms with van der Waals surface area (Å²) in [4.78, 5) is 18.7. The summed E-state index contributed by atoms with van der Waals surface area (Å²) >= 11 is 7.34. The molecule has 0 aliphatic heterocycles. The van der Waals surface area contributed by atoms with Crippen LogP contribution in [0.1, 0.15) is 10.6 Å². The van der Waals surface area contributed by atoms with E-state index < -0.39 is 0 Å². The van der Waals surface area contributed by atoms with E-state index in [2.05, 4.69) is 10.3 Å². The second-order valence-corrected chi connectivity index (χ2v) is 5.84. The van der Waals surface area contributed by atoms with Gasteiger partial charge in [-0.3, -0.25) is 4.98 Å². The Morgan fingerprint density at radius 3 is 2.89 bits per heavy atom. The minimum atomic E-state index is -0.129. The number of carbonyl (C=O) groups excluding carboxylic acids is 1. The smallest absolute Gasteiger partial charge is 0.317 e. The first kappa shape index (κ1) is 13.8. The van der Waals surface area contributed by atoms with Gasteiger partial charge in [0.05, 0.1) is 23.1 Å². The fraction of sp³-hybridized carbons (Fsp3) is 0.231. The third-order valence-electron chi connectivity index (χ3n) is 2.52. The molecule has 0 fully saturated rings. The molecule has 4 nitrogen and oxygen atoms in total. The van der Waals surface area contributed by atoms with Crippen molar-refractivity contribution in [3.05, 3.63) is 51.4 Å². The molecule has 2 aromatic rings. The van der Waals surface area contributed by atoms with Gasteiger partial charge in [-0.15, -0.1) is 11.3 Å². The van der Waals surface area contributed by atoms with Crippen molar-refractivity contribution < 1.29 is 4.79 Å². The van der Waals surface area contributed by atoms with E-state index in [0.717, 1.165) is 14.9 Å². The highest BCUT2D eigenvalue weighted by atomic mass is 35.5. The van der Waals surface area contributed by atoms with Crippen molar-refractivity contribution in [1.82, 2.24) is 15.2 Å². The Balaban J connectivity index is 1.82. The van der Waals surface area contributed by atoms with E-state index in [1.807, 2.05) is 30.3 Å². The fourth-order valence-electron chi connectivity index (χ4n) is 1.55. The van der Waals surface area contributed by atoms with E-state index in [0.29, 0.717) is 13.1 Å². The molecule has 2 aromatic heterocycles. The molecule has 0 aliphatic rings. The molecule has 0 atom stereocenters. The van der Waals surface area contributed by atoms with Gasteiger partial charge < -0.3 is 10.2 Å². The van der Waals surface area contributed by atoms with Gasteiger partial charge in [0.15, 0.2) is 0 Å². The van der Waals surface area contributed by atoms with Crippen LogP contribution in [0.2, 0.25) is 4.34 Å². The maximum absolute atomic E-state index is 11.9. The molecular weight excluding hydrogens is 282 g/mol. The van der Waals surface area contributed by atoms with E-state index in [1.165, 1.54) is 11.3 Å². The summed E-state index contributed by atoms with van der Waals surface area (Å²) in [5, 5.41) is 2.82. The summed E-state index contributed by atoms with van der Waals surface area (Å²) < 4.78 is 0.734. The van der Waals surface area contributed by atoms with E-state index in [4.69, 9.17) is 11.6 Å². The van der Waals surface area contributed by atoms with Crippen LogP contribution >= 0.6 is 22.9 Å². The topological polar surface area (TPSA) is 45.2 Å². The van der Waals surface area contributed by atoms with E-state index in [9.17, 15) is 4.79 Å². The van der Waals surface area contributed by atoms with Crippen molar-refractivity contribution in [3.63, 3.8) is 0 Å². The zero-order valence-electron chi connectivity index (χ0n) is 10.5. The third-order valence-corrected chi connectivity index (χ3v) is 3.73. The highest BCUT2D eigenvalue weighted by Crippen LogP contribution is 2.22. The standard InChI is InChI=1S/C13H14ClN3OS/c1-17(9-11-5-6-12(14)19-11)13(18)16-8-10-4-2-3-7-15-10/h2-7H,8-9H2,1H3,(H,16,18). The van der Waals surface area contributed by atoms with Crippen LogP contribution in [0.4, 0.5) is 4.79 Å².